The van der Waals surface area contributed by atoms with Gasteiger partial charge in [-0.15, -0.1) is 11.3 Å². The van der Waals surface area contributed by atoms with Gasteiger partial charge in [-0.1, -0.05) is 36.7 Å². The highest BCUT2D eigenvalue weighted by molar-refractivity contribution is 7.15. The number of rotatable bonds is 5. The largest absolute Gasteiger partial charge is 0.342 e. The summed E-state index contributed by atoms with van der Waals surface area (Å²) in [5.74, 6) is 0.353. The van der Waals surface area contributed by atoms with E-state index in [2.05, 4.69) is 23.1 Å². The topological polar surface area (TPSA) is 43.9 Å². The van der Waals surface area contributed by atoms with Crippen LogP contribution in [-0.4, -0.2) is 65.8 Å². The fraction of sp³-hybridized carbons (Fsp3) is 0.500. The highest BCUT2D eigenvalue weighted by Crippen LogP contribution is 2.33. The highest BCUT2D eigenvalue weighted by Gasteiger charge is 2.32. The van der Waals surface area contributed by atoms with Crippen LogP contribution in [-0.2, 0) is 16.1 Å². The molecule has 1 aromatic heterocycles. The fourth-order valence-corrected chi connectivity index (χ4v) is 5.89. The van der Waals surface area contributed by atoms with E-state index >= 15 is 0 Å². The summed E-state index contributed by atoms with van der Waals surface area (Å²) < 4.78 is 0. The van der Waals surface area contributed by atoms with Gasteiger partial charge in [0.05, 0.1) is 5.92 Å². The Balaban J connectivity index is 1.29. The first-order valence-corrected chi connectivity index (χ1v) is 12.4. The average molecular weight is 460 g/mol. The number of amides is 2. The number of benzene rings is 1. The summed E-state index contributed by atoms with van der Waals surface area (Å²) in [7, 11) is 0. The Morgan fingerprint density at radius 1 is 1.03 bits per heavy atom. The number of piperidine rings is 1. The zero-order chi connectivity index (χ0) is 21.8. The van der Waals surface area contributed by atoms with Gasteiger partial charge in [-0.3, -0.25) is 14.5 Å². The van der Waals surface area contributed by atoms with Gasteiger partial charge in [-0.2, -0.15) is 0 Å². The van der Waals surface area contributed by atoms with Gasteiger partial charge in [0.2, 0.25) is 11.8 Å². The summed E-state index contributed by atoms with van der Waals surface area (Å²) in [5.41, 5.74) is 1.08. The van der Waals surface area contributed by atoms with Crippen molar-refractivity contribution in [1.82, 2.24) is 14.7 Å². The van der Waals surface area contributed by atoms with Crippen molar-refractivity contribution >= 4 is 34.8 Å². The number of hydrogen-bond acceptors (Lipinski definition) is 4. The molecule has 4 rings (SSSR count). The Morgan fingerprint density at radius 3 is 2.55 bits per heavy atom. The fourth-order valence-electron chi connectivity index (χ4n) is 4.50. The molecule has 7 heteroatoms. The molecule has 0 radical (unpaired) electrons. The molecule has 0 spiro atoms. The van der Waals surface area contributed by atoms with E-state index in [9.17, 15) is 9.59 Å². The van der Waals surface area contributed by atoms with E-state index in [4.69, 9.17) is 11.6 Å². The predicted molar refractivity (Wildman–Crippen MR) is 126 cm³/mol. The molecule has 2 amide bonds. The summed E-state index contributed by atoms with van der Waals surface area (Å²) in [4.78, 5) is 33.9. The molecule has 2 fully saturated rings. The first kappa shape index (κ1) is 22.3. The van der Waals surface area contributed by atoms with Crippen molar-refractivity contribution in [2.45, 2.75) is 32.7 Å². The molecule has 3 heterocycles. The lowest BCUT2D eigenvalue weighted by Gasteiger charge is -2.39. The van der Waals surface area contributed by atoms with Crippen LogP contribution in [0.4, 0.5) is 0 Å². The monoisotopic (exact) mass is 459 g/mol. The second-order valence-corrected chi connectivity index (χ2v) is 9.96. The number of carbonyl (C=O) groups excluding carboxylic acids is 2. The van der Waals surface area contributed by atoms with Gasteiger partial charge >= 0.3 is 0 Å². The van der Waals surface area contributed by atoms with E-state index in [1.807, 2.05) is 34.9 Å². The first-order valence-electron chi connectivity index (χ1n) is 11.2. The van der Waals surface area contributed by atoms with E-state index in [-0.39, 0.29) is 17.7 Å². The van der Waals surface area contributed by atoms with E-state index in [0.717, 1.165) is 62.7 Å². The summed E-state index contributed by atoms with van der Waals surface area (Å²) in [6, 6.07) is 12.3. The number of likely N-dealkylation sites (tertiary alicyclic amines) is 1. The van der Waals surface area contributed by atoms with Gasteiger partial charge in [-0.05, 0) is 31.0 Å². The molecule has 0 bridgehead atoms. The molecule has 1 atom stereocenters. The Morgan fingerprint density at radius 2 is 1.81 bits per heavy atom. The van der Waals surface area contributed by atoms with Crippen LogP contribution >= 0.6 is 22.9 Å². The van der Waals surface area contributed by atoms with Crippen molar-refractivity contribution < 1.29 is 9.59 Å². The summed E-state index contributed by atoms with van der Waals surface area (Å²) in [6.07, 6.45) is 2.33. The van der Waals surface area contributed by atoms with Crippen molar-refractivity contribution in [3.63, 3.8) is 0 Å². The van der Waals surface area contributed by atoms with Gasteiger partial charge in [-0.25, -0.2) is 0 Å². The molecule has 2 aliphatic heterocycles. The van der Waals surface area contributed by atoms with Crippen LogP contribution in [0.3, 0.4) is 0 Å². The molecule has 31 heavy (non-hydrogen) atoms. The lowest BCUT2D eigenvalue weighted by atomic mass is 9.96. The molecule has 2 aromatic rings. The van der Waals surface area contributed by atoms with Crippen LogP contribution < -0.4 is 0 Å². The van der Waals surface area contributed by atoms with Gasteiger partial charge in [0.1, 0.15) is 0 Å². The second kappa shape index (κ2) is 10.2. The number of nitrogens with zero attached hydrogens (tertiary/aromatic N) is 3. The van der Waals surface area contributed by atoms with Crippen LogP contribution in [0.15, 0.2) is 36.4 Å². The van der Waals surface area contributed by atoms with Crippen LogP contribution in [0, 0.1) is 5.92 Å². The molecule has 0 saturated carbocycles. The first-order chi connectivity index (χ1) is 15.0. The van der Waals surface area contributed by atoms with Gasteiger partial charge < -0.3 is 9.80 Å². The van der Waals surface area contributed by atoms with Crippen molar-refractivity contribution in [2.75, 3.05) is 39.3 Å². The molecular weight excluding hydrogens is 430 g/mol. The van der Waals surface area contributed by atoms with Crippen molar-refractivity contribution in [2.24, 2.45) is 5.92 Å². The summed E-state index contributed by atoms with van der Waals surface area (Å²) >= 11 is 8.13. The lowest BCUT2D eigenvalue weighted by molar-refractivity contribution is -0.142. The average Bonchev–Trinajstić information content (AvgIpc) is 3.27. The molecule has 2 aliphatic rings. The third-order valence-electron chi connectivity index (χ3n) is 6.29. The Hall–Kier alpha value is -1.89. The van der Waals surface area contributed by atoms with Crippen LogP contribution in [0.25, 0.3) is 10.4 Å². The normalized spacial score (nSPS) is 20.1. The minimum Gasteiger partial charge on any atom is -0.342 e. The molecule has 1 aromatic carbocycles. The smallest absolute Gasteiger partial charge is 0.227 e. The molecule has 2 saturated heterocycles. The quantitative estimate of drug-likeness (QED) is 0.667. The van der Waals surface area contributed by atoms with Crippen LogP contribution in [0.5, 0.6) is 0 Å². The van der Waals surface area contributed by atoms with Crippen molar-refractivity contribution in [3.8, 4) is 10.4 Å². The van der Waals surface area contributed by atoms with E-state index in [1.165, 1.54) is 9.75 Å². The Labute approximate surface area is 193 Å². The van der Waals surface area contributed by atoms with Crippen LogP contribution in [0.1, 0.15) is 31.1 Å². The Bertz CT molecular complexity index is 923. The highest BCUT2D eigenvalue weighted by atomic mass is 35.5. The molecule has 0 N–H and O–H groups in total. The minimum absolute atomic E-state index is 0.0359. The third kappa shape index (κ3) is 5.30. The second-order valence-electron chi connectivity index (χ2n) is 8.38. The SMILES string of the molecule is CCC(=O)N1CCCC(C(=O)N2CCN(Cc3ccc(-c4ccccc4Cl)s3)CC2)C1. The lowest BCUT2D eigenvalue weighted by Crippen LogP contribution is -2.52. The molecule has 5 nitrogen and oxygen atoms in total. The van der Waals surface area contributed by atoms with Crippen LogP contribution in [0.2, 0.25) is 5.02 Å². The molecule has 0 aliphatic carbocycles. The molecule has 166 valence electrons. The maximum absolute atomic E-state index is 13.0. The van der Waals surface area contributed by atoms with E-state index in [0.29, 0.717) is 13.0 Å². The number of thiophene rings is 1. The number of carbonyl (C=O) groups is 2. The van der Waals surface area contributed by atoms with Crippen molar-refractivity contribution in [1.29, 1.82) is 0 Å². The molecule has 1 unspecified atom stereocenters. The van der Waals surface area contributed by atoms with Gasteiger partial charge in [0.15, 0.2) is 0 Å². The number of halogens is 1. The van der Waals surface area contributed by atoms with Gasteiger partial charge in [0, 0.05) is 72.6 Å². The van der Waals surface area contributed by atoms with E-state index < -0.39 is 0 Å². The maximum atomic E-state index is 13.0. The third-order valence-corrected chi connectivity index (χ3v) is 7.72. The predicted octanol–water partition coefficient (Wildman–Crippen LogP) is 4.36. The summed E-state index contributed by atoms with van der Waals surface area (Å²) in [5, 5.41) is 0.782. The maximum Gasteiger partial charge on any atom is 0.227 e. The van der Waals surface area contributed by atoms with Crippen molar-refractivity contribution in [3.05, 3.63) is 46.3 Å². The van der Waals surface area contributed by atoms with Gasteiger partial charge in [0.25, 0.3) is 0 Å². The molecular formula is C24H30ClN3O2S. The zero-order valence-electron chi connectivity index (χ0n) is 18.1. The minimum atomic E-state index is -0.0359. The van der Waals surface area contributed by atoms with E-state index in [1.54, 1.807) is 11.3 Å². The Kier molecular flexibility index (Phi) is 7.31. The number of piperazine rings is 1. The summed E-state index contributed by atoms with van der Waals surface area (Å²) in [6.45, 7) is 7.47. The number of hydrogen-bond donors (Lipinski definition) is 0. The standard InChI is InChI=1S/C24H30ClN3O2S/c1-2-23(29)28-11-5-6-18(16-28)24(30)27-14-12-26(13-15-27)17-19-9-10-22(31-19)20-7-3-4-8-21(20)25/h3-4,7-10,18H,2,5-6,11-17H2,1H3. The zero-order valence-corrected chi connectivity index (χ0v) is 19.6.